The summed E-state index contributed by atoms with van der Waals surface area (Å²) in [5.74, 6) is 0. The van der Waals surface area contributed by atoms with Crippen LogP contribution in [0.25, 0.3) is 10.9 Å². The molecule has 0 spiro atoms. The molecule has 20 heavy (non-hydrogen) atoms. The number of aromatic nitrogens is 3. The van der Waals surface area contributed by atoms with E-state index < -0.39 is 0 Å². The zero-order valence-electron chi connectivity index (χ0n) is 11.3. The predicted octanol–water partition coefficient (Wildman–Crippen LogP) is 2.34. The maximum Gasteiger partial charge on any atom is 0.261 e. The third-order valence-electron chi connectivity index (χ3n) is 3.37. The summed E-state index contributed by atoms with van der Waals surface area (Å²) in [5.41, 5.74) is 3.01. The fourth-order valence-corrected chi connectivity index (χ4v) is 2.23. The van der Waals surface area contributed by atoms with Crippen LogP contribution in [0, 0.1) is 6.92 Å². The molecule has 2 aromatic heterocycles. The van der Waals surface area contributed by atoms with Gasteiger partial charge in [-0.25, -0.2) is 4.98 Å². The first kappa shape index (κ1) is 12.5. The van der Waals surface area contributed by atoms with E-state index in [2.05, 4.69) is 9.97 Å². The number of rotatable bonds is 3. The molecule has 0 unspecified atom stereocenters. The van der Waals surface area contributed by atoms with Crippen molar-refractivity contribution in [3.8, 4) is 0 Å². The van der Waals surface area contributed by atoms with E-state index in [9.17, 15) is 4.79 Å². The Balaban J connectivity index is 1.92. The Morgan fingerprint density at radius 3 is 2.75 bits per heavy atom. The normalized spacial score (nSPS) is 10.8. The number of pyridine rings is 1. The van der Waals surface area contributed by atoms with Crippen LogP contribution in [0.3, 0.4) is 0 Å². The zero-order valence-corrected chi connectivity index (χ0v) is 11.3. The molecule has 0 amide bonds. The predicted molar refractivity (Wildman–Crippen MR) is 78.7 cm³/mol. The van der Waals surface area contributed by atoms with Crippen molar-refractivity contribution in [3.63, 3.8) is 0 Å². The maximum atomic E-state index is 12.4. The van der Waals surface area contributed by atoms with Crippen LogP contribution in [0.5, 0.6) is 0 Å². The van der Waals surface area contributed by atoms with Crippen molar-refractivity contribution in [2.24, 2.45) is 0 Å². The Hall–Kier alpha value is -2.49. The van der Waals surface area contributed by atoms with Crippen molar-refractivity contribution in [3.05, 3.63) is 70.5 Å². The van der Waals surface area contributed by atoms with E-state index in [4.69, 9.17) is 0 Å². The van der Waals surface area contributed by atoms with Crippen LogP contribution in [-0.4, -0.2) is 14.5 Å². The third kappa shape index (κ3) is 2.45. The van der Waals surface area contributed by atoms with Crippen LogP contribution in [0.2, 0.25) is 0 Å². The highest BCUT2D eigenvalue weighted by Crippen LogP contribution is 2.09. The lowest BCUT2D eigenvalue weighted by Gasteiger charge is -2.07. The van der Waals surface area contributed by atoms with Gasteiger partial charge < -0.3 is 0 Å². The molecule has 0 bridgehead atoms. The quantitative estimate of drug-likeness (QED) is 0.730. The van der Waals surface area contributed by atoms with Crippen molar-refractivity contribution in [2.45, 2.75) is 19.9 Å². The molecule has 3 rings (SSSR count). The summed E-state index contributed by atoms with van der Waals surface area (Å²) < 4.78 is 1.67. The van der Waals surface area contributed by atoms with E-state index >= 15 is 0 Å². The van der Waals surface area contributed by atoms with E-state index in [0.29, 0.717) is 11.9 Å². The van der Waals surface area contributed by atoms with Gasteiger partial charge in [0.2, 0.25) is 0 Å². The maximum absolute atomic E-state index is 12.4. The highest BCUT2D eigenvalue weighted by atomic mass is 16.1. The summed E-state index contributed by atoms with van der Waals surface area (Å²) in [4.78, 5) is 20.7. The smallest absolute Gasteiger partial charge is 0.261 e. The molecule has 0 saturated heterocycles. The van der Waals surface area contributed by atoms with Gasteiger partial charge in [-0.3, -0.25) is 14.3 Å². The monoisotopic (exact) mass is 265 g/mol. The lowest BCUT2D eigenvalue weighted by Crippen LogP contribution is -2.21. The average molecular weight is 265 g/mol. The van der Waals surface area contributed by atoms with E-state index in [1.54, 1.807) is 23.3 Å². The highest BCUT2D eigenvalue weighted by Gasteiger charge is 2.04. The molecule has 0 fully saturated rings. The van der Waals surface area contributed by atoms with Crippen molar-refractivity contribution >= 4 is 10.9 Å². The van der Waals surface area contributed by atoms with E-state index in [1.165, 1.54) is 0 Å². The van der Waals surface area contributed by atoms with Gasteiger partial charge in [-0.1, -0.05) is 11.6 Å². The van der Waals surface area contributed by atoms with E-state index in [-0.39, 0.29) is 5.56 Å². The Morgan fingerprint density at radius 1 is 1.15 bits per heavy atom. The molecule has 4 heteroatoms. The van der Waals surface area contributed by atoms with Gasteiger partial charge >= 0.3 is 0 Å². The first-order valence-corrected chi connectivity index (χ1v) is 6.59. The number of hydrogen-bond donors (Lipinski definition) is 0. The minimum Gasteiger partial charge on any atom is -0.298 e. The molecule has 0 aliphatic carbocycles. The number of fused-ring (bicyclic) bond motifs is 1. The van der Waals surface area contributed by atoms with Gasteiger partial charge in [-0.05, 0) is 43.2 Å². The van der Waals surface area contributed by atoms with E-state index in [1.807, 2.05) is 37.3 Å². The molecule has 100 valence electrons. The number of hydrogen-bond acceptors (Lipinski definition) is 3. The van der Waals surface area contributed by atoms with Gasteiger partial charge in [0.05, 0.1) is 17.2 Å². The largest absolute Gasteiger partial charge is 0.298 e. The van der Waals surface area contributed by atoms with Crippen LogP contribution in [-0.2, 0) is 13.0 Å². The number of aryl methyl sites for hydroxylation is 3. The fraction of sp³-hybridized carbons (Fsp3) is 0.188. The molecule has 0 aliphatic rings. The lowest BCUT2D eigenvalue weighted by atomic mass is 10.1. The van der Waals surface area contributed by atoms with Crippen LogP contribution in [0.4, 0.5) is 0 Å². The SMILES string of the molecule is Cc1ccc2ncn(CCc3ccncc3)c(=O)c2c1. The summed E-state index contributed by atoms with van der Waals surface area (Å²) in [6.45, 7) is 2.60. The van der Waals surface area contributed by atoms with Gasteiger partial charge in [-0.15, -0.1) is 0 Å². The Labute approximate surface area is 116 Å². The third-order valence-corrected chi connectivity index (χ3v) is 3.37. The van der Waals surface area contributed by atoms with Crippen LogP contribution in [0.1, 0.15) is 11.1 Å². The molecule has 0 saturated carbocycles. The topological polar surface area (TPSA) is 47.8 Å². The molecule has 0 radical (unpaired) electrons. The second-order valence-electron chi connectivity index (χ2n) is 4.87. The molecule has 0 aliphatic heterocycles. The second kappa shape index (κ2) is 5.25. The Bertz CT molecular complexity index is 794. The Morgan fingerprint density at radius 2 is 1.95 bits per heavy atom. The second-order valence-corrected chi connectivity index (χ2v) is 4.87. The molecule has 1 aromatic carbocycles. The first-order valence-electron chi connectivity index (χ1n) is 6.59. The summed E-state index contributed by atoms with van der Waals surface area (Å²) in [5, 5.41) is 0.683. The molecule has 0 atom stereocenters. The summed E-state index contributed by atoms with van der Waals surface area (Å²) in [7, 11) is 0. The minimum atomic E-state index is 0.0211. The van der Waals surface area contributed by atoms with Crippen LogP contribution < -0.4 is 5.56 Å². The standard InChI is InChI=1S/C16H15N3O/c1-12-2-3-15-14(10-12)16(20)19(11-18-15)9-6-13-4-7-17-8-5-13/h2-5,7-8,10-11H,6,9H2,1H3. The highest BCUT2D eigenvalue weighted by molar-refractivity contribution is 5.77. The molecular weight excluding hydrogens is 250 g/mol. The van der Waals surface area contributed by atoms with Crippen LogP contribution >= 0.6 is 0 Å². The average Bonchev–Trinajstić information content (AvgIpc) is 2.48. The molecular formula is C16H15N3O. The van der Waals surface area contributed by atoms with Crippen molar-refractivity contribution in [2.75, 3.05) is 0 Å². The van der Waals surface area contributed by atoms with Crippen LogP contribution in [0.15, 0.2) is 53.8 Å². The molecule has 4 nitrogen and oxygen atoms in total. The first-order chi connectivity index (χ1) is 9.74. The Kier molecular flexibility index (Phi) is 3.29. The lowest BCUT2D eigenvalue weighted by molar-refractivity contribution is 0.662. The fourth-order valence-electron chi connectivity index (χ4n) is 2.23. The summed E-state index contributed by atoms with van der Waals surface area (Å²) in [6.07, 6.45) is 5.95. The van der Waals surface area contributed by atoms with Crippen molar-refractivity contribution in [1.82, 2.24) is 14.5 Å². The minimum absolute atomic E-state index is 0.0211. The summed E-state index contributed by atoms with van der Waals surface area (Å²) >= 11 is 0. The molecule has 3 aromatic rings. The molecule has 2 heterocycles. The van der Waals surface area contributed by atoms with Gasteiger partial charge in [0.25, 0.3) is 5.56 Å². The molecule has 0 N–H and O–H groups in total. The van der Waals surface area contributed by atoms with Crippen molar-refractivity contribution < 1.29 is 0 Å². The number of nitrogens with zero attached hydrogens (tertiary/aromatic N) is 3. The van der Waals surface area contributed by atoms with Gasteiger partial charge in [0, 0.05) is 18.9 Å². The van der Waals surface area contributed by atoms with Gasteiger partial charge in [-0.2, -0.15) is 0 Å². The number of benzene rings is 1. The zero-order chi connectivity index (χ0) is 13.9. The van der Waals surface area contributed by atoms with Gasteiger partial charge in [0.1, 0.15) is 0 Å². The summed E-state index contributed by atoms with van der Waals surface area (Å²) in [6, 6.07) is 9.68. The van der Waals surface area contributed by atoms with Gasteiger partial charge in [0.15, 0.2) is 0 Å². The van der Waals surface area contributed by atoms with E-state index in [0.717, 1.165) is 23.1 Å². The van der Waals surface area contributed by atoms with Crippen molar-refractivity contribution in [1.29, 1.82) is 0 Å².